The van der Waals surface area contributed by atoms with Crippen molar-refractivity contribution in [1.82, 2.24) is 14.5 Å². The van der Waals surface area contributed by atoms with E-state index in [9.17, 15) is 4.79 Å². The minimum absolute atomic E-state index is 0.0197. The van der Waals surface area contributed by atoms with Crippen LogP contribution in [0, 0.1) is 0 Å². The van der Waals surface area contributed by atoms with Crippen LogP contribution in [0.25, 0.3) is 11.8 Å². The average Bonchev–Trinajstić information content (AvgIpc) is 2.90. The zero-order valence-corrected chi connectivity index (χ0v) is 10.4. The van der Waals surface area contributed by atoms with Gasteiger partial charge in [-0.25, -0.2) is 4.98 Å². The van der Waals surface area contributed by atoms with Crippen molar-refractivity contribution < 1.29 is 4.79 Å². The molecule has 1 aromatic carbocycles. The Kier molecular flexibility index (Phi) is 3.57. The Morgan fingerprint density at radius 3 is 2.56 bits per heavy atom. The number of carbonyl (C=O) groups is 1. The van der Waals surface area contributed by atoms with Crippen LogP contribution in [0.3, 0.4) is 0 Å². The van der Waals surface area contributed by atoms with Gasteiger partial charge in [0.05, 0.1) is 6.33 Å². The van der Waals surface area contributed by atoms with E-state index in [4.69, 9.17) is 0 Å². The minimum atomic E-state index is -0.0197. The summed E-state index contributed by atoms with van der Waals surface area (Å²) in [4.78, 5) is 16.9. The van der Waals surface area contributed by atoms with E-state index in [1.165, 1.54) is 4.90 Å². The quantitative estimate of drug-likeness (QED) is 0.771. The second-order valence-electron chi connectivity index (χ2n) is 4.13. The molecular weight excluding hydrogens is 226 g/mol. The van der Waals surface area contributed by atoms with Crippen LogP contribution in [0.1, 0.15) is 5.56 Å². The summed E-state index contributed by atoms with van der Waals surface area (Å²) >= 11 is 0. The van der Waals surface area contributed by atoms with E-state index in [-0.39, 0.29) is 5.91 Å². The zero-order chi connectivity index (χ0) is 13.0. The molecule has 92 valence electrons. The summed E-state index contributed by atoms with van der Waals surface area (Å²) in [7, 11) is 3.46. The molecule has 0 aliphatic rings. The van der Waals surface area contributed by atoms with Crippen LogP contribution in [-0.2, 0) is 4.79 Å². The fourth-order valence-electron chi connectivity index (χ4n) is 1.49. The normalized spacial score (nSPS) is 10.8. The summed E-state index contributed by atoms with van der Waals surface area (Å²) in [5, 5.41) is 0. The maximum absolute atomic E-state index is 11.4. The molecule has 0 unspecified atom stereocenters. The number of rotatable bonds is 3. The van der Waals surface area contributed by atoms with E-state index in [0.29, 0.717) is 0 Å². The molecule has 0 fully saturated rings. The molecule has 0 radical (unpaired) electrons. The van der Waals surface area contributed by atoms with Crippen molar-refractivity contribution in [2.24, 2.45) is 0 Å². The summed E-state index contributed by atoms with van der Waals surface area (Å²) in [6, 6.07) is 7.91. The molecule has 0 N–H and O–H groups in total. The minimum Gasteiger partial charge on any atom is -0.345 e. The van der Waals surface area contributed by atoms with Crippen LogP contribution in [0.5, 0.6) is 0 Å². The van der Waals surface area contributed by atoms with E-state index < -0.39 is 0 Å². The third kappa shape index (κ3) is 2.85. The van der Waals surface area contributed by atoms with Crippen LogP contribution in [0.15, 0.2) is 49.1 Å². The third-order valence-corrected chi connectivity index (χ3v) is 2.55. The highest BCUT2D eigenvalue weighted by Crippen LogP contribution is 2.10. The molecule has 1 aromatic heterocycles. The zero-order valence-electron chi connectivity index (χ0n) is 10.4. The molecule has 0 aliphatic carbocycles. The molecule has 0 atom stereocenters. The highest BCUT2D eigenvalue weighted by molar-refractivity contribution is 5.91. The number of nitrogens with zero attached hydrogens (tertiary/aromatic N) is 3. The van der Waals surface area contributed by atoms with E-state index in [2.05, 4.69) is 4.98 Å². The second kappa shape index (κ2) is 5.31. The van der Waals surface area contributed by atoms with Gasteiger partial charge in [-0.3, -0.25) is 4.79 Å². The lowest BCUT2D eigenvalue weighted by molar-refractivity contribution is -0.123. The molecule has 0 spiro atoms. The molecule has 0 saturated carbocycles. The van der Waals surface area contributed by atoms with Crippen molar-refractivity contribution in [3.8, 4) is 5.69 Å². The van der Waals surface area contributed by atoms with Crippen LogP contribution < -0.4 is 0 Å². The number of likely N-dealkylation sites (N-methyl/N-ethyl adjacent to an activating group) is 1. The van der Waals surface area contributed by atoms with Crippen molar-refractivity contribution in [1.29, 1.82) is 0 Å². The predicted octanol–water partition coefficient (Wildman–Crippen LogP) is 1.97. The van der Waals surface area contributed by atoms with Crippen LogP contribution in [0.4, 0.5) is 0 Å². The van der Waals surface area contributed by atoms with Crippen molar-refractivity contribution in [3.63, 3.8) is 0 Å². The Morgan fingerprint density at radius 2 is 2.00 bits per heavy atom. The topological polar surface area (TPSA) is 38.1 Å². The van der Waals surface area contributed by atoms with Gasteiger partial charge in [0, 0.05) is 38.3 Å². The van der Waals surface area contributed by atoms with Gasteiger partial charge in [-0.2, -0.15) is 0 Å². The van der Waals surface area contributed by atoms with E-state index in [0.717, 1.165) is 11.3 Å². The van der Waals surface area contributed by atoms with Gasteiger partial charge >= 0.3 is 0 Å². The first kappa shape index (κ1) is 12.1. The van der Waals surface area contributed by atoms with Gasteiger partial charge < -0.3 is 9.47 Å². The third-order valence-electron chi connectivity index (χ3n) is 2.55. The number of carbonyl (C=O) groups excluding carboxylic acids is 1. The highest BCUT2D eigenvalue weighted by Gasteiger charge is 1.98. The molecule has 18 heavy (non-hydrogen) atoms. The van der Waals surface area contributed by atoms with Crippen LogP contribution in [0.2, 0.25) is 0 Å². The summed E-state index contributed by atoms with van der Waals surface area (Å²) < 4.78 is 1.93. The molecule has 0 saturated heterocycles. The molecule has 2 aromatic rings. The number of hydrogen-bond acceptors (Lipinski definition) is 2. The SMILES string of the molecule is CN(C)C(=O)/C=C/c1ccc(-n2ccnc2)cc1. The fraction of sp³-hybridized carbons (Fsp3) is 0.143. The van der Waals surface area contributed by atoms with Gasteiger partial charge in [0.25, 0.3) is 0 Å². The molecule has 0 aliphatic heterocycles. The second-order valence-corrected chi connectivity index (χ2v) is 4.13. The average molecular weight is 241 g/mol. The standard InChI is InChI=1S/C14H15N3O/c1-16(2)14(18)8-5-12-3-6-13(7-4-12)17-10-9-15-11-17/h3-11H,1-2H3/b8-5+. The number of imidazole rings is 1. The molecule has 4 nitrogen and oxygen atoms in total. The lowest BCUT2D eigenvalue weighted by atomic mass is 10.2. The van der Waals surface area contributed by atoms with E-state index >= 15 is 0 Å². The van der Waals surface area contributed by atoms with Crippen LogP contribution in [-0.4, -0.2) is 34.5 Å². The molecule has 0 bridgehead atoms. The van der Waals surface area contributed by atoms with Gasteiger partial charge in [0.1, 0.15) is 0 Å². The number of amides is 1. The maximum Gasteiger partial charge on any atom is 0.246 e. The Bertz CT molecular complexity index is 539. The van der Waals surface area contributed by atoms with Crippen molar-refractivity contribution in [3.05, 3.63) is 54.6 Å². The maximum atomic E-state index is 11.4. The Labute approximate surface area is 106 Å². The fourth-order valence-corrected chi connectivity index (χ4v) is 1.49. The van der Waals surface area contributed by atoms with Gasteiger partial charge in [-0.15, -0.1) is 0 Å². The summed E-state index contributed by atoms with van der Waals surface area (Å²) in [5.41, 5.74) is 2.04. The highest BCUT2D eigenvalue weighted by atomic mass is 16.2. The number of aromatic nitrogens is 2. The van der Waals surface area contributed by atoms with Gasteiger partial charge in [-0.05, 0) is 23.8 Å². The van der Waals surface area contributed by atoms with Crippen molar-refractivity contribution >= 4 is 12.0 Å². The first-order valence-electron chi connectivity index (χ1n) is 5.64. The Balaban J connectivity index is 2.11. The monoisotopic (exact) mass is 241 g/mol. The number of hydrogen-bond donors (Lipinski definition) is 0. The van der Waals surface area contributed by atoms with Crippen LogP contribution >= 0.6 is 0 Å². The summed E-state index contributed by atoms with van der Waals surface area (Å²) in [6.07, 6.45) is 8.75. The van der Waals surface area contributed by atoms with E-state index in [1.54, 1.807) is 38.8 Å². The summed E-state index contributed by atoms with van der Waals surface area (Å²) in [5.74, 6) is -0.0197. The Hall–Kier alpha value is -2.36. The van der Waals surface area contributed by atoms with Crippen molar-refractivity contribution in [2.45, 2.75) is 0 Å². The Morgan fingerprint density at radius 1 is 1.28 bits per heavy atom. The first-order chi connectivity index (χ1) is 8.66. The first-order valence-corrected chi connectivity index (χ1v) is 5.64. The molecule has 1 amide bonds. The molecular formula is C14H15N3O. The lowest BCUT2D eigenvalue weighted by Crippen LogP contribution is -2.18. The predicted molar refractivity (Wildman–Crippen MR) is 71.3 cm³/mol. The molecule has 2 rings (SSSR count). The smallest absolute Gasteiger partial charge is 0.246 e. The lowest BCUT2D eigenvalue weighted by Gasteiger charge is -2.05. The largest absolute Gasteiger partial charge is 0.345 e. The van der Waals surface area contributed by atoms with Gasteiger partial charge in [0.15, 0.2) is 0 Å². The van der Waals surface area contributed by atoms with Gasteiger partial charge in [-0.1, -0.05) is 12.1 Å². The number of benzene rings is 1. The summed E-state index contributed by atoms with van der Waals surface area (Å²) in [6.45, 7) is 0. The van der Waals surface area contributed by atoms with Gasteiger partial charge in [0.2, 0.25) is 5.91 Å². The molecule has 1 heterocycles. The van der Waals surface area contributed by atoms with E-state index in [1.807, 2.05) is 35.0 Å². The van der Waals surface area contributed by atoms with Crippen molar-refractivity contribution in [2.75, 3.05) is 14.1 Å². The molecule has 4 heteroatoms.